The topological polar surface area (TPSA) is 46.5 Å². The van der Waals surface area contributed by atoms with Crippen molar-refractivity contribution in [2.24, 2.45) is 0 Å². The van der Waals surface area contributed by atoms with Crippen LogP contribution in [0.5, 0.6) is 0 Å². The van der Waals surface area contributed by atoms with Gasteiger partial charge in [-0.25, -0.2) is 4.79 Å². The van der Waals surface area contributed by atoms with Gasteiger partial charge < -0.3 is 9.84 Å². The zero-order valence-electron chi connectivity index (χ0n) is 9.77. The Labute approximate surface area is 104 Å². The van der Waals surface area contributed by atoms with Crippen molar-refractivity contribution >= 4 is 27.4 Å². The van der Waals surface area contributed by atoms with Gasteiger partial charge in [0.25, 0.3) is 0 Å². The molecule has 0 unspecified atom stereocenters. The van der Waals surface area contributed by atoms with Crippen molar-refractivity contribution in [3.05, 3.63) is 34.7 Å². The van der Waals surface area contributed by atoms with E-state index in [1.807, 2.05) is 26.0 Å². The average Bonchev–Trinajstić information content (AvgIpc) is 2.67. The number of benzene rings is 1. The first-order valence-electron chi connectivity index (χ1n) is 5.43. The summed E-state index contributed by atoms with van der Waals surface area (Å²) in [7, 11) is 0. The lowest BCUT2D eigenvalue weighted by Gasteiger charge is -2.04. The standard InChI is InChI=1S/C13H14O3S/c1-8(2)16-7-11-5-9-3-4-10(13(14)15)6-12(9)17-11/h3-6,8H,7H2,1-2H3,(H,14,15). The third-order valence-electron chi connectivity index (χ3n) is 2.38. The van der Waals surface area contributed by atoms with E-state index in [-0.39, 0.29) is 6.10 Å². The Kier molecular flexibility index (Phi) is 3.45. The number of fused-ring (bicyclic) bond motifs is 1. The molecule has 0 fully saturated rings. The van der Waals surface area contributed by atoms with Crippen molar-refractivity contribution in [3.63, 3.8) is 0 Å². The number of aromatic carboxylic acids is 1. The predicted molar refractivity (Wildman–Crippen MR) is 68.7 cm³/mol. The second-order valence-electron chi connectivity index (χ2n) is 4.13. The van der Waals surface area contributed by atoms with E-state index < -0.39 is 5.97 Å². The molecular formula is C13H14O3S. The highest BCUT2D eigenvalue weighted by molar-refractivity contribution is 7.19. The second kappa shape index (κ2) is 4.85. The van der Waals surface area contributed by atoms with Crippen molar-refractivity contribution in [1.29, 1.82) is 0 Å². The largest absolute Gasteiger partial charge is 0.478 e. The Morgan fingerprint density at radius 2 is 2.18 bits per heavy atom. The summed E-state index contributed by atoms with van der Waals surface area (Å²) >= 11 is 1.58. The van der Waals surface area contributed by atoms with Crippen molar-refractivity contribution < 1.29 is 14.6 Å². The van der Waals surface area contributed by atoms with Gasteiger partial charge in [0, 0.05) is 9.58 Å². The fourth-order valence-electron chi connectivity index (χ4n) is 1.54. The Morgan fingerprint density at radius 3 is 2.82 bits per heavy atom. The molecule has 4 heteroatoms. The maximum absolute atomic E-state index is 10.8. The SMILES string of the molecule is CC(C)OCc1cc2ccc(C(=O)O)cc2s1. The minimum Gasteiger partial charge on any atom is -0.478 e. The molecule has 2 rings (SSSR count). The number of carbonyl (C=O) groups is 1. The number of hydrogen-bond acceptors (Lipinski definition) is 3. The van der Waals surface area contributed by atoms with Crippen LogP contribution in [0.3, 0.4) is 0 Å². The maximum Gasteiger partial charge on any atom is 0.335 e. The van der Waals surface area contributed by atoms with Crippen LogP contribution in [0.2, 0.25) is 0 Å². The normalized spacial score (nSPS) is 11.2. The molecule has 0 saturated carbocycles. The number of rotatable bonds is 4. The summed E-state index contributed by atoms with van der Waals surface area (Å²) in [6, 6.07) is 7.23. The fraction of sp³-hybridized carbons (Fsp3) is 0.308. The van der Waals surface area contributed by atoms with E-state index in [2.05, 4.69) is 0 Å². The second-order valence-corrected chi connectivity index (χ2v) is 5.30. The van der Waals surface area contributed by atoms with Crippen molar-refractivity contribution in [2.75, 3.05) is 0 Å². The van der Waals surface area contributed by atoms with E-state index in [0.717, 1.165) is 15.0 Å². The first kappa shape index (κ1) is 12.1. The van der Waals surface area contributed by atoms with Crippen LogP contribution in [0.25, 0.3) is 10.1 Å². The van der Waals surface area contributed by atoms with Gasteiger partial charge in [-0.2, -0.15) is 0 Å². The predicted octanol–water partition coefficient (Wildman–Crippen LogP) is 3.52. The van der Waals surface area contributed by atoms with E-state index in [1.54, 1.807) is 23.5 Å². The maximum atomic E-state index is 10.8. The lowest BCUT2D eigenvalue weighted by atomic mass is 10.2. The molecule has 17 heavy (non-hydrogen) atoms. The summed E-state index contributed by atoms with van der Waals surface area (Å²) in [6.07, 6.45) is 0.204. The fourth-order valence-corrected chi connectivity index (χ4v) is 2.57. The molecule has 0 bridgehead atoms. The molecule has 0 spiro atoms. The van der Waals surface area contributed by atoms with Crippen LogP contribution in [0.15, 0.2) is 24.3 Å². The Morgan fingerprint density at radius 1 is 1.41 bits per heavy atom. The summed E-state index contributed by atoms with van der Waals surface area (Å²) in [4.78, 5) is 12.0. The van der Waals surface area contributed by atoms with E-state index >= 15 is 0 Å². The summed E-state index contributed by atoms with van der Waals surface area (Å²) in [5.41, 5.74) is 0.329. The lowest BCUT2D eigenvalue weighted by molar-refractivity contribution is 0.0674. The van der Waals surface area contributed by atoms with Crippen LogP contribution in [-0.2, 0) is 11.3 Å². The first-order valence-corrected chi connectivity index (χ1v) is 6.25. The molecule has 0 aliphatic carbocycles. The number of carboxylic acids is 1. The van der Waals surface area contributed by atoms with Crippen LogP contribution in [0.4, 0.5) is 0 Å². The van der Waals surface area contributed by atoms with Gasteiger partial charge in [-0.3, -0.25) is 0 Å². The minimum atomic E-state index is -0.889. The molecule has 90 valence electrons. The van der Waals surface area contributed by atoms with Gasteiger partial charge >= 0.3 is 5.97 Å². The van der Waals surface area contributed by atoms with Crippen LogP contribution in [-0.4, -0.2) is 17.2 Å². The average molecular weight is 250 g/mol. The Balaban J connectivity index is 2.27. The molecule has 1 heterocycles. The minimum absolute atomic E-state index is 0.204. The van der Waals surface area contributed by atoms with Crippen LogP contribution in [0.1, 0.15) is 29.1 Å². The summed E-state index contributed by atoms with van der Waals surface area (Å²) in [6.45, 7) is 4.57. The number of carboxylic acid groups (broad SMARTS) is 1. The molecule has 1 aromatic heterocycles. The van der Waals surface area contributed by atoms with Gasteiger partial charge in [0.15, 0.2) is 0 Å². The molecule has 3 nitrogen and oxygen atoms in total. The lowest BCUT2D eigenvalue weighted by Crippen LogP contribution is -2.00. The molecule has 1 N–H and O–H groups in total. The van der Waals surface area contributed by atoms with E-state index in [9.17, 15) is 4.79 Å². The molecule has 0 amide bonds. The smallest absolute Gasteiger partial charge is 0.335 e. The molecule has 1 aromatic carbocycles. The third-order valence-corrected chi connectivity index (χ3v) is 3.45. The third kappa shape index (κ3) is 2.84. The number of hydrogen-bond donors (Lipinski definition) is 1. The van der Waals surface area contributed by atoms with Crippen LogP contribution in [0, 0.1) is 0 Å². The molecule has 0 radical (unpaired) electrons. The molecule has 0 atom stereocenters. The van der Waals surface area contributed by atoms with Gasteiger partial charge in [-0.05, 0) is 37.4 Å². The molecule has 2 aromatic rings. The summed E-state index contributed by atoms with van der Waals surface area (Å²) in [5, 5.41) is 9.98. The van der Waals surface area contributed by atoms with Gasteiger partial charge in [-0.15, -0.1) is 11.3 Å². The Hall–Kier alpha value is -1.39. The highest BCUT2D eigenvalue weighted by Gasteiger charge is 2.07. The van der Waals surface area contributed by atoms with Crippen molar-refractivity contribution in [3.8, 4) is 0 Å². The van der Waals surface area contributed by atoms with Crippen molar-refractivity contribution in [1.82, 2.24) is 0 Å². The highest BCUT2D eigenvalue weighted by atomic mass is 32.1. The summed E-state index contributed by atoms with van der Waals surface area (Å²) < 4.78 is 6.52. The van der Waals surface area contributed by atoms with Crippen LogP contribution < -0.4 is 0 Å². The summed E-state index contributed by atoms with van der Waals surface area (Å²) in [5.74, 6) is -0.889. The quantitative estimate of drug-likeness (QED) is 0.903. The molecule has 0 aliphatic heterocycles. The number of thiophene rings is 1. The Bertz CT molecular complexity index is 543. The van der Waals surface area contributed by atoms with E-state index in [0.29, 0.717) is 12.2 Å². The zero-order valence-corrected chi connectivity index (χ0v) is 10.6. The van der Waals surface area contributed by atoms with Gasteiger partial charge in [-0.1, -0.05) is 6.07 Å². The van der Waals surface area contributed by atoms with E-state index in [1.165, 1.54) is 0 Å². The van der Waals surface area contributed by atoms with Crippen molar-refractivity contribution in [2.45, 2.75) is 26.6 Å². The molecule has 0 saturated heterocycles. The number of ether oxygens (including phenoxy) is 1. The van der Waals surface area contributed by atoms with Gasteiger partial charge in [0.05, 0.1) is 18.3 Å². The zero-order chi connectivity index (χ0) is 12.4. The molecule has 0 aliphatic rings. The monoisotopic (exact) mass is 250 g/mol. The van der Waals surface area contributed by atoms with Gasteiger partial charge in [0.2, 0.25) is 0 Å². The van der Waals surface area contributed by atoms with Crippen LogP contribution >= 0.6 is 11.3 Å². The van der Waals surface area contributed by atoms with Gasteiger partial charge in [0.1, 0.15) is 0 Å². The first-order chi connectivity index (χ1) is 8.06. The van der Waals surface area contributed by atoms with E-state index in [4.69, 9.17) is 9.84 Å². The highest BCUT2D eigenvalue weighted by Crippen LogP contribution is 2.27. The molecular weight excluding hydrogens is 236 g/mol.